The topological polar surface area (TPSA) is 169 Å². The SMILES string of the molecule is CCc1nc2c(N)ncnc2n1[C@@H]1O[C@H](CC(O)N(C)CCCN)[C@@H](O)[C@H]1O. The molecule has 0 spiro atoms. The normalized spacial score (nSPS) is 26.4. The molecular formula is C17H29N7O4. The zero-order chi connectivity index (χ0) is 20.4. The first-order valence-corrected chi connectivity index (χ1v) is 9.46. The van der Waals surface area contributed by atoms with E-state index in [1.165, 1.54) is 6.33 Å². The van der Waals surface area contributed by atoms with E-state index in [0.29, 0.717) is 36.5 Å². The van der Waals surface area contributed by atoms with Crippen LogP contribution in [-0.2, 0) is 11.2 Å². The summed E-state index contributed by atoms with van der Waals surface area (Å²) < 4.78 is 7.60. The standard InChI is InChI=1S/C17H29N7O4/c1-3-10-22-12-15(19)20-8-21-16(12)24(10)17-14(27)13(26)9(28-17)7-11(25)23(2)6-4-5-18/h8-9,11,13-14,17,25-27H,3-7,18H2,1-2H3,(H2,19,20,21)/t9-,11?,13-,14-,17-/m1/s1. The first-order chi connectivity index (χ1) is 13.4. The van der Waals surface area contributed by atoms with Gasteiger partial charge in [-0.15, -0.1) is 0 Å². The van der Waals surface area contributed by atoms with Gasteiger partial charge < -0.3 is 31.5 Å². The molecule has 3 heterocycles. The highest BCUT2D eigenvalue weighted by molar-refractivity contribution is 5.81. The highest BCUT2D eigenvalue weighted by Gasteiger charge is 2.45. The second-order valence-corrected chi connectivity index (χ2v) is 7.07. The number of aryl methyl sites for hydroxylation is 1. The molecule has 1 fully saturated rings. The van der Waals surface area contributed by atoms with Crippen molar-refractivity contribution in [1.82, 2.24) is 24.4 Å². The van der Waals surface area contributed by atoms with Gasteiger partial charge in [0.05, 0.1) is 6.10 Å². The molecule has 0 amide bonds. The summed E-state index contributed by atoms with van der Waals surface area (Å²) in [6.07, 6.45) is -2.09. The molecule has 1 saturated heterocycles. The van der Waals surface area contributed by atoms with E-state index in [1.54, 1.807) is 16.5 Å². The highest BCUT2D eigenvalue weighted by Crippen LogP contribution is 2.35. The number of imidazole rings is 1. The quantitative estimate of drug-likeness (QED) is 0.334. The Morgan fingerprint density at radius 2 is 2.07 bits per heavy atom. The van der Waals surface area contributed by atoms with E-state index in [2.05, 4.69) is 15.0 Å². The lowest BCUT2D eigenvalue weighted by atomic mass is 10.1. The van der Waals surface area contributed by atoms with E-state index in [9.17, 15) is 15.3 Å². The lowest BCUT2D eigenvalue weighted by Gasteiger charge is -2.26. The van der Waals surface area contributed by atoms with Crippen LogP contribution in [0.4, 0.5) is 5.82 Å². The minimum atomic E-state index is -1.20. The van der Waals surface area contributed by atoms with Crippen molar-refractivity contribution in [2.75, 3.05) is 25.9 Å². The molecule has 3 rings (SSSR count). The summed E-state index contributed by atoms with van der Waals surface area (Å²) in [5.74, 6) is 0.847. The van der Waals surface area contributed by atoms with Crippen molar-refractivity contribution in [1.29, 1.82) is 0 Å². The van der Waals surface area contributed by atoms with Crippen molar-refractivity contribution in [2.45, 2.75) is 57.0 Å². The average molecular weight is 395 g/mol. The number of aliphatic hydroxyl groups is 3. The minimum absolute atomic E-state index is 0.140. The van der Waals surface area contributed by atoms with Gasteiger partial charge in [-0.25, -0.2) is 15.0 Å². The van der Waals surface area contributed by atoms with Crippen LogP contribution < -0.4 is 11.5 Å². The van der Waals surface area contributed by atoms with E-state index >= 15 is 0 Å². The number of rotatable bonds is 8. The van der Waals surface area contributed by atoms with Gasteiger partial charge in [0.2, 0.25) is 0 Å². The van der Waals surface area contributed by atoms with E-state index < -0.39 is 30.8 Å². The second kappa shape index (κ2) is 8.64. The molecule has 11 nitrogen and oxygen atoms in total. The zero-order valence-electron chi connectivity index (χ0n) is 16.1. The Morgan fingerprint density at radius 3 is 2.75 bits per heavy atom. The number of aromatic nitrogens is 4. The second-order valence-electron chi connectivity index (χ2n) is 7.07. The lowest BCUT2D eigenvalue weighted by molar-refractivity contribution is -0.0744. The van der Waals surface area contributed by atoms with Crippen LogP contribution >= 0.6 is 0 Å². The fourth-order valence-electron chi connectivity index (χ4n) is 3.50. The molecule has 1 aliphatic heterocycles. The maximum absolute atomic E-state index is 10.6. The fraction of sp³-hybridized carbons (Fsp3) is 0.706. The van der Waals surface area contributed by atoms with Crippen molar-refractivity contribution < 1.29 is 20.1 Å². The summed E-state index contributed by atoms with van der Waals surface area (Å²) in [6, 6.07) is 0. The number of fused-ring (bicyclic) bond motifs is 1. The number of hydrogen-bond acceptors (Lipinski definition) is 10. The maximum Gasteiger partial charge on any atom is 0.167 e. The molecular weight excluding hydrogens is 366 g/mol. The van der Waals surface area contributed by atoms with Gasteiger partial charge in [0.25, 0.3) is 0 Å². The van der Waals surface area contributed by atoms with E-state index in [0.717, 1.165) is 6.42 Å². The Labute approximate surface area is 163 Å². The Morgan fingerprint density at radius 1 is 1.32 bits per heavy atom. The molecule has 0 bridgehead atoms. The summed E-state index contributed by atoms with van der Waals surface area (Å²) in [5, 5.41) is 31.5. The number of ether oxygens (including phenoxy) is 1. The van der Waals surface area contributed by atoms with Gasteiger partial charge in [-0.2, -0.15) is 0 Å². The molecule has 2 aromatic heterocycles. The summed E-state index contributed by atoms with van der Waals surface area (Å²) in [7, 11) is 1.77. The smallest absolute Gasteiger partial charge is 0.167 e. The van der Waals surface area contributed by atoms with Crippen molar-refractivity contribution in [2.24, 2.45) is 5.73 Å². The number of anilines is 1. The van der Waals surface area contributed by atoms with Gasteiger partial charge in [-0.1, -0.05) is 6.92 Å². The largest absolute Gasteiger partial charge is 0.388 e. The molecule has 0 aliphatic carbocycles. The number of nitrogens with zero attached hydrogens (tertiary/aromatic N) is 5. The van der Waals surface area contributed by atoms with Gasteiger partial charge in [0.1, 0.15) is 30.6 Å². The van der Waals surface area contributed by atoms with Crippen LogP contribution in [-0.4, -0.2) is 84.4 Å². The molecule has 156 valence electrons. The van der Waals surface area contributed by atoms with E-state index in [1.807, 2.05) is 6.92 Å². The predicted octanol–water partition coefficient (Wildman–Crippen LogP) is -1.42. The molecule has 1 aliphatic rings. The summed E-state index contributed by atoms with van der Waals surface area (Å²) >= 11 is 0. The number of nitrogens with two attached hydrogens (primary N) is 2. The Bertz CT molecular complexity index is 801. The van der Waals surface area contributed by atoms with E-state index in [4.69, 9.17) is 16.2 Å². The Balaban J connectivity index is 1.83. The third-order valence-corrected chi connectivity index (χ3v) is 5.15. The van der Waals surface area contributed by atoms with Gasteiger partial charge in [0.15, 0.2) is 23.2 Å². The van der Waals surface area contributed by atoms with Crippen LogP contribution in [0.5, 0.6) is 0 Å². The minimum Gasteiger partial charge on any atom is -0.388 e. The first kappa shape index (κ1) is 20.8. The summed E-state index contributed by atoms with van der Waals surface area (Å²) in [5.41, 5.74) is 12.3. The van der Waals surface area contributed by atoms with Crippen LogP contribution in [0, 0.1) is 0 Å². The average Bonchev–Trinajstić information content (AvgIpc) is 3.19. The summed E-state index contributed by atoms with van der Waals surface area (Å²) in [4.78, 5) is 14.4. The van der Waals surface area contributed by atoms with Crippen LogP contribution in [0.1, 0.15) is 31.8 Å². The molecule has 7 N–H and O–H groups in total. The van der Waals surface area contributed by atoms with Gasteiger partial charge in [0, 0.05) is 19.4 Å². The third-order valence-electron chi connectivity index (χ3n) is 5.15. The van der Waals surface area contributed by atoms with Crippen molar-refractivity contribution in [3.63, 3.8) is 0 Å². The molecule has 11 heteroatoms. The van der Waals surface area contributed by atoms with Crippen LogP contribution in [0.25, 0.3) is 11.2 Å². The van der Waals surface area contributed by atoms with Crippen molar-refractivity contribution >= 4 is 17.0 Å². The lowest BCUT2D eigenvalue weighted by Crippen LogP contribution is -2.39. The predicted molar refractivity (Wildman–Crippen MR) is 102 cm³/mol. The fourth-order valence-corrected chi connectivity index (χ4v) is 3.50. The molecule has 28 heavy (non-hydrogen) atoms. The van der Waals surface area contributed by atoms with Crippen LogP contribution in [0.3, 0.4) is 0 Å². The Hall–Kier alpha value is -1.89. The number of aliphatic hydroxyl groups excluding tert-OH is 3. The zero-order valence-corrected chi connectivity index (χ0v) is 16.1. The molecule has 5 atom stereocenters. The Kier molecular flexibility index (Phi) is 6.43. The van der Waals surface area contributed by atoms with Crippen molar-refractivity contribution in [3.05, 3.63) is 12.2 Å². The highest BCUT2D eigenvalue weighted by atomic mass is 16.6. The molecule has 2 aromatic rings. The van der Waals surface area contributed by atoms with Crippen molar-refractivity contribution in [3.8, 4) is 0 Å². The number of nitrogen functional groups attached to an aromatic ring is 1. The maximum atomic E-state index is 10.6. The van der Waals surface area contributed by atoms with Gasteiger partial charge in [-0.3, -0.25) is 9.47 Å². The van der Waals surface area contributed by atoms with Crippen LogP contribution in [0.2, 0.25) is 0 Å². The third kappa shape index (κ3) is 3.81. The van der Waals surface area contributed by atoms with Gasteiger partial charge >= 0.3 is 0 Å². The molecule has 1 unspecified atom stereocenters. The summed E-state index contributed by atoms with van der Waals surface area (Å²) in [6.45, 7) is 3.06. The van der Waals surface area contributed by atoms with Crippen LogP contribution in [0.15, 0.2) is 6.33 Å². The first-order valence-electron chi connectivity index (χ1n) is 9.46. The van der Waals surface area contributed by atoms with E-state index in [-0.39, 0.29) is 12.2 Å². The monoisotopic (exact) mass is 395 g/mol. The van der Waals surface area contributed by atoms with Gasteiger partial charge in [-0.05, 0) is 20.0 Å². The number of hydrogen-bond donors (Lipinski definition) is 5. The molecule has 0 saturated carbocycles. The molecule has 0 radical (unpaired) electrons. The molecule has 0 aromatic carbocycles.